The molecular weight excluding hydrogens is 480 g/mol. The molecule has 9 heteroatoms. The Morgan fingerprint density at radius 2 is 1.83 bits per heavy atom. The van der Waals surface area contributed by atoms with Crippen molar-refractivity contribution >= 4 is 28.5 Å². The van der Waals surface area contributed by atoms with Gasteiger partial charge in [0, 0.05) is 60.3 Å². The van der Waals surface area contributed by atoms with Crippen LogP contribution in [0, 0.1) is 0 Å². The summed E-state index contributed by atoms with van der Waals surface area (Å²) in [5, 5.41) is 4.89. The van der Waals surface area contributed by atoms with Crippen LogP contribution >= 0.6 is 11.8 Å². The largest absolute Gasteiger partial charge is 0.378 e. The molecular formula is C26H28N4O3S2. The number of fused-ring (bicyclic) bond motifs is 3. The van der Waals surface area contributed by atoms with Crippen LogP contribution in [-0.4, -0.2) is 80.6 Å². The fourth-order valence-corrected chi connectivity index (χ4v) is 7.32. The van der Waals surface area contributed by atoms with Crippen LogP contribution in [0.5, 0.6) is 0 Å². The molecule has 0 radical (unpaired) electrons. The number of rotatable bonds is 4. The zero-order valence-electron chi connectivity index (χ0n) is 19.5. The quantitative estimate of drug-likeness (QED) is 0.539. The molecule has 3 aliphatic rings. The van der Waals surface area contributed by atoms with Gasteiger partial charge in [-0.25, -0.2) is 4.68 Å². The predicted octanol–water partition coefficient (Wildman–Crippen LogP) is 3.18. The summed E-state index contributed by atoms with van der Waals surface area (Å²) in [6, 6.07) is 16.2. The van der Waals surface area contributed by atoms with Gasteiger partial charge < -0.3 is 9.64 Å². The third kappa shape index (κ3) is 4.46. The Balaban J connectivity index is 1.44. The third-order valence-corrected chi connectivity index (χ3v) is 9.15. The molecule has 7 nitrogen and oxygen atoms in total. The van der Waals surface area contributed by atoms with Gasteiger partial charge in [0.25, 0.3) is 5.91 Å². The number of thioether (sulfide) groups is 1. The Labute approximate surface area is 211 Å². The van der Waals surface area contributed by atoms with Crippen LogP contribution in [-0.2, 0) is 27.8 Å². The Morgan fingerprint density at radius 1 is 1.03 bits per heavy atom. The Kier molecular flexibility index (Phi) is 6.49. The minimum atomic E-state index is -1.22. The highest BCUT2D eigenvalue weighted by Gasteiger charge is 2.34. The van der Waals surface area contributed by atoms with E-state index < -0.39 is 10.8 Å². The number of benzene rings is 2. The van der Waals surface area contributed by atoms with E-state index in [9.17, 15) is 9.00 Å². The number of ether oxygens (including phenoxy) is 1. The van der Waals surface area contributed by atoms with E-state index in [4.69, 9.17) is 9.84 Å². The van der Waals surface area contributed by atoms with Crippen molar-refractivity contribution in [1.29, 1.82) is 0 Å². The zero-order valence-corrected chi connectivity index (χ0v) is 21.2. The molecule has 3 aromatic rings. The molecule has 1 amide bonds. The number of amides is 1. The Morgan fingerprint density at radius 3 is 2.66 bits per heavy atom. The molecule has 1 unspecified atom stereocenters. The van der Waals surface area contributed by atoms with Gasteiger partial charge in [-0.3, -0.25) is 13.9 Å². The van der Waals surface area contributed by atoms with Crippen molar-refractivity contribution in [1.82, 2.24) is 19.6 Å². The van der Waals surface area contributed by atoms with E-state index in [2.05, 4.69) is 23.1 Å². The van der Waals surface area contributed by atoms with Gasteiger partial charge in [-0.1, -0.05) is 30.3 Å². The molecule has 4 heterocycles. The summed E-state index contributed by atoms with van der Waals surface area (Å²) in [5.74, 6) is 2.53. The van der Waals surface area contributed by atoms with Crippen LogP contribution in [0.1, 0.15) is 21.6 Å². The molecule has 0 N–H and O–H groups in total. The van der Waals surface area contributed by atoms with Gasteiger partial charge in [-0.2, -0.15) is 16.9 Å². The van der Waals surface area contributed by atoms with Crippen molar-refractivity contribution in [3.8, 4) is 16.9 Å². The minimum Gasteiger partial charge on any atom is -0.378 e. The van der Waals surface area contributed by atoms with Crippen molar-refractivity contribution < 1.29 is 13.7 Å². The van der Waals surface area contributed by atoms with Gasteiger partial charge in [0.2, 0.25) is 0 Å². The lowest BCUT2D eigenvalue weighted by atomic mass is 10.0. The maximum Gasteiger partial charge on any atom is 0.274 e. The standard InChI is InChI=1S/C26H28N4O3S2/c31-26(29-8-12-33-13-9-29)24-22-18-35(32)23-7-2-1-6-21(23)25(22)30(27-24)20-5-3-4-19(16-20)17-28-10-14-34-15-11-28/h1-7,16H,8-15,17-18H2. The highest BCUT2D eigenvalue weighted by molar-refractivity contribution is 7.99. The van der Waals surface area contributed by atoms with Crippen LogP contribution in [0.15, 0.2) is 53.4 Å². The van der Waals surface area contributed by atoms with E-state index in [-0.39, 0.29) is 5.91 Å². The SMILES string of the molecule is O=C(c1nn(-c2cccc(CN3CCSCC3)c2)c2c1CS(=O)c1ccccc1-2)N1CCOCC1. The van der Waals surface area contributed by atoms with Crippen LogP contribution in [0.3, 0.4) is 0 Å². The summed E-state index contributed by atoms with van der Waals surface area (Å²) in [6.45, 7) is 5.25. The summed E-state index contributed by atoms with van der Waals surface area (Å²) < 4.78 is 20.5. The number of carbonyl (C=O) groups is 1. The lowest BCUT2D eigenvalue weighted by Crippen LogP contribution is -2.41. The van der Waals surface area contributed by atoms with Gasteiger partial charge in [-0.05, 0) is 23.8 Å². The summed E-state index contributed by atoms with van der Waals surface area (Å²) >= 11 is 2.01. The number of morpholine rings is 1. The topological polar surface area (TPSA) is 67.7 Å². The monoisotopic (exact) mass is 508 g/mol. The Bertz CT molecular complexity index is 1280. The van der Waals surface area contributed by atoms with E-state index in [1.807, 2.05) is 46.8 Å². The van der Waals surface area contributed by atoms with Crippen molar-refractivity contribution in [3.05, 3.63) is 65.4 Å². The average molecular weight is 509 g/mol. The predicted molar refractivity (Wildman–Crippen MR) is 138 cm³/mol. The van der Waals surface area contributed by atoms with E-state index in [1.165, 1.54) is 17.1 Å². The van der Waals surface area contributed by atoms with Crippen LogP contribution in [0.2, 0.25) is 0 Å². The fourth-order valence-electron chi connectivity index (χ4n) is 5.01. The van der Waals surface area contributed by atoms with E-state index in [0.29, 0.717) is 37.8 Å². The molecule has 0 bridgehead atoms. The molecule has 0 spiro atoms. The van der Waals surface area contributed by atoms with Crippen LogP contribution < -0.4 is 0 Å². The Hall–Kier alpha value is -2.46. The average Bonchev–Trinajstić information content (AvgIpc) is 3.29. The van der Waals surface area contributed by atoms with Gasteiger partial charge in [0.15, 0.2) is 5.69 Å². The van der Waals surface area contributed by atoms with Crippen molar-refractivity contribution in [2.75, 3.05) is 50.9 Å². The van der Waals surface area contributed by atoms with Gasteiger partial charge in [0.1, 0.15) is 0 Å². The minimum absolute atomic E-state index is 0.110. The molecule has 2 saturated heterocycles. The number of hydrogen-bond acceptors (Lipinski definition) is 6. The fraction of sp³-hybridized carbons (Fsp3) is 0.385. The highest BCUT2D eigenvalue weighted by Crippen LogP contribution is 2.39. The zero-order chi connectivity index (χ0) is 23.8. The smallest absolute Gasteiger partial charge is 0.274 e. The van der Waals surface area contributed by atoms with Crippen LogP contribution in [0.25, 0.3) is 16.9 Å². The van der Waals surface area contributed by atoms with Crippen molar-refractivity contribution in [3.63, 3.8) is 0 Å². The second-order valence-electron chi connectivity index (χ2n) is 9.04. The molecule has 2 aromatic carbocycles. The second kappa shape index (κ2) is 9.89. The lowest BCUT2D eigenvalue weighted by Gasteiger charge is -2.26. The van der Waals surface area contributed by atoms with E-state index >= 15 is 0 Å². The highest BCUT2D eigenvalue weighted by atomic mass is 32.2. The summed E-state index contributed by atoms with van der Waals surface area (Å²) in [4.78, 5) is 18.6. The second-order valence-corrected chi connectivity index (χ2v) is 11.7. The molecule has 0 saturated carbocycles. The molecule has 6 rings (SSSR count). The summed E-state index contributed by atoms with van der Waals surface area (Å²) in [7, 11) is -1.22. The van der Waals surface area contributed by atoms with E-state index in [0.717, 1.165) is 47.0 Å². The number of carbonyl (C=O) groups excluding carboxylic acids is 1. The first kappa shape index (κ1) is 23.0. The van der Waals surface area contributed by atoms with E-state index in [1.54, 1.807) is 4.90 Å². The maximum atomic E-state index is 13.6. The molecule has 3 aliphatic heterocycles. The number of aromatic nitrogens is 2. The van der Waals surface area contributed by atoms with Gasteiger partial charge in [0.05, 0.1) is 41.1 Å². The first-order valence-corrected chi connectivity index (χ1v) is 14.5. The third-order valence-electron chi connectivity index (χ3n) is 6.81. The molecule has 1 atom stereocenters. The molecule has 35 heavy (non-hydrogen) atoms. The summed E-state index contributed by atoms with van der Waals surface area (Å²) in [5.41, 5.74) is 5.10. The van der Waals surface area contributed by atoms with Crippen molar-refractivity contribution in [2.45, 2.75) is 17.2 Å². The molecule has 182 valence electrons. The maximum absolute atomic E-state index is 13.6. The molecule has 0 aliphatic carbocycles. The molecule has 2 fully saturated rings. The first-order valence-electron chi connectivity index (χ1n) is 12.0. The van der Waals surface area contributed by atoms with Gasteiger partial charge >= 0.3 is 0 Å². The number of hydrogen-bond donors (Lipinski definition) is 0. The van der Waals surface area contributed by atoms with Crippen LogP contribution in [0.4, 0.5) is 0 Å². The first-order chi connectivity index (χ1) is 17.2. The summed E-state index contributed by atoms with van der Waals surface area (Å²) in [6.07, 6.45) is 0. The van der Waals surface area contributed by atoms with Crippen molar-refractivity contribution in [2.24, 2.45) is 0 Å². The lowest BCUT2D eigenvalue weighted by molar-refractivity contribution is 0.0298. The molecule has 1 aromatic heterocycles. The number of nitrogens with zero attached hydrogens (tertiary/aromatic N) is 4. The normalized spacial score (nSPS) is 20.3. The van der Waals surface area contributed by atoms with Gasteiger partial charge in [-0.15, -0.1) is 0 Å².